The van der Waals surface area contributed by atoms with E-state index in [9.17, 15) is 24.8 Å². The number of amides is 2. The number of carbonyl (C=O) groups is 2. The number of urea groups is 1. The molecule has 2 aromatic carbocycles. The maximum absolute atomic E-state index is 13.3. The van der Waals surface area contributed by atoms with Crippen molar-refractivity contribution in [2.75, 3.05) is 39.3 Å². The summed E-state index contributed by atoms with van der Waals surface area (Å²) in [5.41, 5.74) is 2.16. The van der Waals surface area contributed by atoms with Gasteiger partial charge in [0.2, 0.25) is 0 Å². The number of benzene rings is 2. The summed E-state index contributed by atoms with van der Waals surface area (Å²) in [6.45, 7) is 7.43. The number of non-ortho nitro benzene ring substituents is 1. The van der Waals surface area contributed by atoms with Gasteiger partial charge in [0.05, 0.1) is 4.92 Å². The van der Waals surface area contributed by atoms with Crippen molar-refractivity contribution >= 4 is 17.7 Å². The van der Waals surface area contributed by atoms with Gasteiger partial charge in [0, 0.05) is 69.9 Å². The maximum atomic E-state index is 13.3. The Morgan fingerprint density at radius 1 is 1.00 bits per heavy atom. The van der Waals surface area contributed by atoms with Crippen molar-refractivity contribution in [1.82, 2.24) is 20.0 Å². The second-order valence-electron chi connectivity index (χ2n) is 13.2. The lowest BCUT2D eigenvalue weighted by Crippen LogP contribution is -2.51. The predicted octanol–water partition coefficient (Wildman–Crippen LogP) is 5.73. The van der Waals surface area contributed by atoms with Gasteiger partial charge in [-0.3, -0.25) is 19.8 Å². The number of nitrogens with zero attached hydrogens (tertiary/aromatic N) is 4. The highest BCUT2D eigenvalue weighted by Gasteiger charge is 2.43. The van der Waals surface area contributed by atoms with Gasteiger partial charge >= 0.3 is 12.0 Å². The summed E-state index contributed by atoms with van der Waals surface area (Å²) in [5.74, 6) is 0.221. The number of rotatable bonds is 12. The molecule has 10 heteroatoms. The Morgan fingerprint density at radius 3 is 2.31 bits per heavy atom. The quantitative estimate of drug-likeness (QED) is 0.230. The Bertz CT molecular complexity index is 1260. The van der Waals surface area contributed by atoms with Crippen LogP contribution < -0.4 is 5.32 Å². The molecule has 3 fully saturated rings. The zero-order valence-corrected chi connectivity index (χ0v) is 26.6. The van der Waals surface area contributed by atoms with Crippen LogP contribution in [0, 0.1) is 22.0 Å². The van der Waals surface area contributed by atoms with E-state index in [1.165, 1.54) is 24.1 Å². The van der Waals surface area contributed by atoms with Gasteiger partial charge in [0.1, 0.15) is 6.04 Å². The van der Waals surface area contributed by atoms with E-state index < -0.39 is 16.9 Å². The van der Waals surface area contributed by atoms with Gasteiger partial charge in [-0.15, -0.1) is 0 Å². The SMILES string of the molecule is CCCN(C(=O)NCc1ccc([N+](=O)[O-])cc1)C1CCN(CC2CN(C(C(=O)O)C3CCCCC3)CC2c2ccccc2)CC1. The third-order valence-corrected chi connectivity index (χ3v) is 10.2. The zero-order chi connectivity index (χ0) is 31.8. The van der Waals surface area contributed by atoms with Gasteiger partial charge in [-0.25, -0.2) is 4.79 Å². The van der Waals surface area contributed by atoms with E-state index in [0.717, 1.165) is 83.2 Å². The summed E-state index contributed by atoms with van der Waals surface area (Å²) in [7, 11) is 0. The summed E-state index contributed by atoms with van der Waals surface area (Å²) < 4.78 is 0. The average Bonchev–Trinajstić information content (AvgIpc) is 3.46. The van der Waals surface area contributed by atoms with E-state index in [0.29, 0.717) is 24.9 Å². The molecule has 2 saturated heterocycles. The minimum absolute atomic E-state index is 0.0378. The molecule has 5 rings (SSSR count). The van der Waals surface area contributed by atoms with Crippen molar-refractivity contribution < 1.29 is 19.6 Å². The molecule has 2 heterocycles. The normalized spacial score (nSPS) is 22.6. The van der Waals surface area contributed by atoms with E-state index in [1.54, 1.807) is 12.1 Å². The third kappa shape index (κ3) is 8.41. The second kappa shape index (κ2) is 15.7. The highest BCUT2D eigenvalue weighted by Crippen LogP contribution is 2.38. The molecular weight excluding hydrogens is 570 g/mol. The molecule has 1 aliphatic carbocycles. The first-order valence-corrected chi connectivity index (χ1v) is 16.9. The topological polar surface area (TPSA) is 119 Å². The first-order valence-electron chi connectivity index (χ1n) is 16.9. The molecule has 0 aromatic heterocycles. The van der Waals surface area contributed by atoms with E-state index >= 15 is 0 Å². The first-order chi connectivity index (χ1) is 21.8. The smallest absolute Gasteiger partial charge is 0.321 e. The van der Waals surface area contributed by atoms with Gasteiger partial charge in [-0.1, -0.05) is 68.7 Å². The predicted molar refractivity (Wildman–Crippen MR) is 174 cm³/mol. The highest BCUT2D eigenvalue weighted by molar-refractivity contribution is 5.75. The van der Waals surface area contributed by atoms with Crippen LogP contribution in [0.3, 0.4) is 0 Å². The van der Waals surface area contributed by atoms with Crippen LogP contribution in [0.5, 0.6) is 0 Å². The van der Waals surface area contributed by atoms with Crippen LogP contribution in [0.2, 0.25) is 0 Å². The zero-order valence-electron chi connectivity index (χ0n) is 26.6. The minimum atomic E-state index is -0.668. The molecule has 2 amide bonds. The molecule has 244 valence electrons. The number of hydrogen-bond acceptors (Lipinski definition) is 6. The number of hydrogen-bond donors (Lipinski definition) is 2. The molecule has 45 heavy (non-hydrogen) atoms. The Balaban J connectivity index is 1.19. The van der Waals surface area contributed by atoms with Crippen molar-refractivity contribution in [3.8, 4) is 0 Å². The van der Waals surface area contributed by atoms with Gasteiger partial charge in [-0.2, -0.15) is 0 Å². The molecule has 0 bridgehead atoms. The van der Waals surface area contributed by atoms with E-state index in [1.807, 2.05) is 11.0 Å². The number of likely N-dealkylation sites (tertiary alicyclic amines) is 2. The molecule has 0 radical (unpaired) electrons. The summed E-state index contributed by atoms with van der Waals surface area (Å²) in [5, 5.41) is 24.3. The summed E-state index contributed by atoms with van der Waals surface area (Å²) in [6.07, 6.45) is 8.17. The van der Waals surface area contributed by atoms with Gasteiger partial charge < -0.3 is 20.2 Å². The molecule has 10 nitrogen and oxygen atoms in total. The van der Waals surface area contributed by atoms with E-state index in [2.05, 4.69) is 46.3 Å². The van der Waals surface area contributed by atoms with Gasteiger partial charge in [-0.05, 0) is 55.1 Å². The van der Waals surface area contributed by atoms with Crippen LogP contribution in [-0.4, -0.2) is 88.1 Å². The molecule has 2 N–H and O–H groups in total. The van der Waals surface area contributed by atoms with E-state index in [-0.39, 0.29) is 23.7 Å². The van der Waals surface area contributed by atoms with E-state index in [4.69, 9.17) is 0 Å². The number of aliphatic carboxylic acids is 1. The second-order valence-corrected chi connectivity index (χ2v) is 13.2. The van der Waals surface area contributed by atoms with Gasteiger partial charge in [0.25, 0.3) is 5.69 Å². The largest absolute Gasteiger partial charge is 0.480 e. The molecule has 1 saturated carbocycles. The monoisotopic (exact) mass is 619 g/mol. The standard InChI is InChI=1S/C35H49N5O5/c1-2-19-39(35(43)36-22-26-13-15-31(16-14-26)40(44)45)30-17-20-37(21-18-30)23-29-24-38(25-32(29)27-9-5-3-6-10-27)33(34(41)42)28-11-7-4-8-12-28/h3,5-6,9-10,13-16,28-30,32-33H,2,4,7-8,11-12,17-25H2,1H3,(H,36,43)(H,41,42). The number of nitro groups is 1. The Morgan fingerprint density at radius 2 is 1.69 bits per heavy atom. The Labute approximate surface area is 266 Å². The fourth-order valence-electron chi connectivity index (χ4n) is 7.95. The molecule has 2 aromatic rings. The lowest BCUT2D eigenvalue weighted by molar-refractivity contribution is -0.384. The number of nitrogens with one attached hydrogen (secondary N) is 1. The number of carboxylic acids is 1. The molecule has 3 unspecified atom stereocenters. The van der Waals surface area contributed by atoms with Crippen molar-refractivity contribution in [1.29, 1.82) is 0 Å². The van der Waals surface area contributed by atoms with Crippen molar-refractivity contribution in [3.05, 3.63) is 75.8 Å². The fourth-order valence-corrected chi connectivity index (χ4v) is 7.95. The van der Waals surface area contributed by atoms with Crippen molar-refractivity contribution in [3.63, 3.8) is 0 Å². The van der Waals surface area contributed by atoms with Crippen LogP contribution in [0.4, 0.5) is 10.5 Å². The number of carboxylic acid groups (broad SMARTS) is 1. The Hall–Kier alpha value is -3.50. The summed E-state index contributed by atoms with van der Waals surface area (Å²) in [6, 6.07) is 16.6. The summed E-state index contributed by atoms with van der Waals surface area (Å²) >= 11 is 0. The van der Waals surface area contributed by atoms with Crippen molar-refractivity contribution in [2.45, 2.75) is 82.8 Å². The van der Waals surface area contributed by atoms with Crippen LogP contribution >= 0.6 is 0 Å². The third-order valence-electron chi connectivity index (χ3n) is 10.2. The highest BCUT2D eigenvalue weighted by atomic mass is 16.6. The minimum Gasteiger partial charge on any atom is -0.480 e. The molecular formula is C35H49N5O5. The van der Waals surface area contributed by atoms with Crippen LogP contribution in [0.25, 0.3) is 0 Å². The lowest BCUT2D eigenvalue weighted by Gasteiger charge is -2.39. The average molecular weight is 620 g/mol. The number of nitro benzene ring substituents is 1. The van der Waals surface area contributed by atoms with Crippen LogP contribution in [0.15, 0.2) is 54.6 Å². The Kier molecular flexibility index (Phi) is 11.5. The number of carbonyl (C=O) groups excluding carboxylic acids is 1. The van der Waals surface area contributed by atoms with Crippen LogP contribution in [0.1, 0.15) is 75.3 Å². The molecule has 3 atom stereocenters. The molecule has 3 aliphatic rings. The maximum Gasteiger partial charge on any atom is 0.321 e. The first kappa shape index (κ1) is 32.9. The molecule has 2 aliphatic heterocycles. The van der Waals surface area contributed by atoms with Crippen molar-refractivity contribution in [2.24, 2.45) is 11.8 Å². The molecule has 0 spiro atoms. The number of piperidine rings is 1. The lowest BCUT2D eigenvalue weighted by atomic mass is 9.83. The van der Waals surface area contributed by atoms with Gasteiger partial charge in [0.15, 0.2) is 0 Å². The fraction of sp³-hybridized carbons (Fsp3) is 0.600. The van der Waals surface area contributed by atoms with Crippen LogP contribution in [-0.2, 0) is 11.3 Å². The summed E-state index contributed by atoms with van der Waals surface area (Å²) in [4.78, 5) is 43.1.